The van der Waals surface area contributed by atoms with Gasteiger partial charge in [-0.2, -0.15) is 4.37 Å². The van der Waals surface area contributed by atoms with Gasteiger partial charge in [0.1, 0.15) is 6.33 Å². The Labute approximate surface area is 99.8 Å². The quantitative estimate of drug-likeness (QED) is 0.790. The smallest absolute Gasteiger partial charge is 0.204 e. The molecule has 2 aliphatic heterocycles. The van der Waals surface area contributed by atoms with E-state index in [0.717, 1.165) is 30.7 Å². The lowest BCUT2D eigenvalue weighted by Gasteiger charge is -2.33. The van der Waals surface area contributed by atoms with E-state index >= 15 is 0 Å². The van der Waals surface area contributed by atoms with E-state index in [9.17, 15) is 0 Å². The summed E-state index contributed by atoms with van der Waals surface area (Å²) in [5.41, 5.74) is 0. The minimum atomic E-state index is 0.538. The molecule has 1 unspecified atom stereocenters. The molecule has 1 atom stereocenters. The zero-order valence-corrected chi connectivity index (χ0v) is 10.2. The van der Waals surface area contributed by atoms with Gasteiger partial charge in [0.25, 0.3) is 0 Å². The first-order chi connectivity index (χ1) is 7.93. The summed E-state index contributed by atoms with van der Waals surface area (Å²) in [7, 11) is 0. The van der Waals surface area contributed by atoms with Crippen molar-refractivity contribution < 1.29 is 4.74 Å². The lowest BCUT2D eigenvalue weighted by molar-refractivity contribution is 0.0531. The Hall–Kier alpha value is -0.680. The molecule has 16 heavy (non-hydrogen) atoms. The first-order valence-electron chi connectivity index (χ1n) is 6.07. The topological polar surface area (TPSA) is 38.2 Å². The largest absolute Gasteiger partial charge is 0.378 e. The van der Waals surface area contributed by atoms with Gasteiger partial charge in [0, 0.05) is 31.2 Å². The van der Waals surface area contributed by atoms with E-state index in [2.05, 4.69) is 14.3 Å². The van der Waals surface area contributed by atoms with E-state index in [1.807, 2.05) is 0 Å². The van der Waals surface area contributed by atoms with Crippen molar-refractivity contribution in [2.75, 3.05) is 24.6 Å². The number of nitrogens with zero attached hydrogens (tertiary/aromatic N) is 3. The maximum atomic E-state index is 5.77. The van der Waals surface area contributed by atoms with Crippen LogP contribution in [0, 0.1) is 5.92 Å². The van der Waals surface area contributed by atoms with Crippen LogP contribution >= 0.6 is 11.5 Å². The van der Waals surface area contributed by atoms with E-state index in [1.165, 1.54) is 37.2 Å². The fourth-order valence-corrected chi connectivity index (χ4v) is 3.32. The van der Waals surface area contributed by atoms with Crippen molar-refractivity contribution in [1.29, 1.82) is 0 Å². The molecule has 2 saturated heterocycles. The van der Waals surface area contributed by atoms with Gasteiger partial charge in [-0.3, -0.25) is 0 Å². The molecule has 0 aliphatic carbocycles. The van der Waals surface area contributed by atoms with Gasteiger partial charge in [0.15, 0.2) is 0 Å². The number of piperidine rings is 1. The molecule has 0 radical (unpaired) electrons. The van der Waals surface area contributed by atoms with Gasteiger partial charge in [-0.05, 0) is 31.6 Å². The van der Waals surface area contributed by atoms with Crippen LogP contribution in [0.25, 0.3) is 0 Å². The average Bonchev–Trinajstić information content (AvgIpc) is 3.03. The summed E-state index contributed by atoms with van der Waals surface area (Å²) in [6, 6.07) is 0. The Morgan fingerprint density at radius 2 is 2.19 bits per heavy atom. The van der Waals surface area contributed by atoms with Crippen molar-refractivity contribution in [2.45, 2.75) is 31.8 Å². The second-order valence-electron chi connectivity index (χ2n) is 4.60. The van der Waals surface area contributed by atoms with Crippen molar-refractivity contribution in [2.24, 2.45) is 5.92 Å². The molecule has 3 rings (SSSR count). The highest BCUT2D eigenvalue weighted by molar-refractivity contribution is 7.09. The first kappa shape index (κ1) is 10.5. The molecule has 1 aromatic rings. The van der Waals surface area contributed by atoms with Crippen molar-refractivity contribution in [3.8, 4) is 0 Å². The van der Waals surface area contributed by atoms with Gasteiger partial charge in [-0.1, -0.05) is 0 Å². The minimum Gasteiger partial charge on any atom is -0.378 e. The summed E-state index contributed by atoms with van der Waals surface area (Å²) >= 11 is 1.50. The van der Waals surface area contributed by atoms with E-state index in [1.54, 1.807) is 6.33 Å². The summed E-state index contributed by atoms with van der Waals surface area (Å²) in [5, 5.41) is 1.07. The summed E-state index contributed by atoms with van der Waals surface area (Å²) in [5.74, 6) is 0.770. The van der Waals surface area contributed by atoms with Crippen LogP contribution in [-0.4, -0.2) is 35.2 Å². The Balaban J connectivity index is 1.55. The molecular weight excluding hydrogens is 222 g/mol. The molecule has 0 N–H and O–H groups in total. The number of aromatic nitrogens is 2. The van der Waals surface area contributed by atoms with Crippen LogP contribution in [0.15, 0.2) is 6.33 Å². The lowest BCUT2D eigenvalue weighted by atomic mass is 9.90. The standard InChI is InChI=1S/C11H17N3OS/c1-2-10(15-7-1)9-3-5-14(6-4-9)11-12-8-13-16-11/h8-10H,1-7H2. The SMILES string of the molecule is c1nsc(N2CCC(C3CCCO3)CC2)n1. The lowest BCUT2D eigenvalue weighted by Crippen LogP contribution is -2.37. The molecule has 0 saturated carbocycles. The Morgan fingerprint density at radius 1 is 1.31 bits per heavy atom. The predicted molar refractivity (Wildman–Crippen MR) is 63.8 cm³/mol. The van der Waals surface area contributed by atoms with Crippen LogP contribution < -0.4 is 4.90 Å². The summed E-state index contributed by atoms with van der Waals surface area (Å²) in [6.07, 6.45) is 7.18. The van der Waals surface area contributed by atoms with Crippen molar-refractivity contribution in [3.05, 3.63) is 6.33 Å². The normalized spacial score (nSPS) is 27.5. The van der Waals surface area contributed by atoms with E-state index < -0.39 is 0 Å². The molecule has 0 spiro atoms. The third kappa shape index (κ3) is 2.06. The molecular formula is C11H17N3OS. The van der Waals surface area contributed by atoms with Gasteiger partial charge in [-0.15, -0.1) is 0 Å². The summed E-state index contributed by atoms with van der Waals surface area (Å²) < 4.78 is 9.83. The van der Waals surface area contributed by atoms with Gasteiger partial charge >= 0.3 is 0 Å². The van der Waals surface area contributed by atoms with Crippen LogP contribution in [0.5, 0.6) is 0 Å². The van der Waals surface area contributed by atoms with E-state index in [0.29, 0.717) is 6.10 Å². The minimum absolute atomic E-state index is 0.538. The number of hydrogen-bond donors (Lipinski definition) is 0. The Morgan fingerprint density at radius 3 is 2.81 bits per heavy atom. The average molecular weight is 239 g/mol. The fourth-order valence-electron chi connectivity index (χ4n) is 2.74. The highest BCUT2D eigenvalue weighted by atomic mass is 32.1. The van der Waals surface area contributed by atoms with Crippen LogP contribution in [-0.2, 0) is 4.74 Å². The van der Waals surface area contributed by atoms with Crippen molar-refractivity contribution in [3.63, 3.8) is 0 Å². The monoisotopic (exact) mass is 239 g/mol. The van der Waals surface area contributed by atoms with Crippen molar-refractivity contribution in [1.82, 2.24) is 9.36 Å². The zero-order valence-electron chi connectivity index (χ0n) is 9.34. The summed E-state index contributed by atoms with van der Waals surface area (Å²) in [6.45, 7) is 3.20. The van der Waals surface area contributed by atoms with E-state index in [-0.39, 0.29) is 0 Å². The third-order valence-corrected chi connectivity index (χ3v) is 4.38. The van der Waals surface area contributed by atoms with Gasteiger partial charge in [0.05, 0.1) is 6.10 Å². The zero-order chi connectivity index (χ0) is 10.8. The third-order valence-electron chi connectivity index (χ3n) is 3.65. The predicted octanol–water partition coefficient (Wildman–Crippen LogP) is 1.93. The maximum absolute atomic E-state index is 5.77. The van der Waals surface area contributed by atoms with Crippen LogP contribution in [0.4, 0.5) is 5.13 Å². The van der Waals surface area contributed by atoms with Crippen LogP contribution in [0.3, 0.4) is 0 Å². The highest BCUT2D eigenvalue weighted by Crippen LogP contribution is 2.30. The van der Waals surface area contributed by atoms with Crippen LogP contribution in [0.1, 0.15) is 25.7 Å². The molecule has 0 aromatic carbocycles. The molecule has 4 nitrogen and oxygen atoms in total. The second kappa shape index (κ2) is 4.67. The molecule has 0 bridgehead atoms. The van der Waals surface area contributed by atoms with E-state index in [4.69, 9.17) is 4.74 Å². The van der Waals surface area contributed by atoms with Gasteiger partial charge in [-0.25, -0.2) is 4.98 Å². The van der Waals surface area contributed by atoms with Gasteiger partial charge < -0.3 is 9.64 Å². The Bertz CT molecular complexity index is 316. The van der Waals surface area contributed by atoms with Crippen molar-refractivity contribution >= 4 is 16.7 Å². The van der Waals surface area contributed by atoms with Gasteiger partial charge in [0.2, 0.25) is 5.13 Å². The highest BCUT2D eigenvalue weighted by Gasteiger charge is 2.29. The molecule has 5 heteroatoms. The maximum Gasteiger partial charge on any atom is 0.204 e. The Kier molecular flexibility index (Phi) is 3.06. The fraction of sp³-hybridized carbons (Fsp3) is 0.818. The summed E-state index contributed by atoms with van der Waals surface area (Å²) in [4.78, 5) is 6.61. The molecule has 1 aromatic heterocycles. The molecule has 2 aliphatic rings. The number of ether oxygens (including phenoxy) is 1. The molecule has 2 fully saturated rings. The second-order valence-corrected chi connectivity index (χ2v) is 5.36. The van der Waals surface area contributed by atoms with Crippen LogP contribution in [0.2, 0.25) is 0 Å². The first-order valence-corrected chi connectivity index (χ1v) is 6.84. The number of anilines is 1. The molecule has 0 amide bonds. The number of hydrogen-bond acceptors (Lipinski definition) is 5. The molecule has 3 heterocycles. The number of rotatable bonds is 2. The molecule has 88 valence electrons.